The molecule has 5 rings (SSSR count). The fourth-order valence-corrected chi connectivity index (χ4v) is 3.56. The maximum absolute atomic E-state index is 14.5. The quantitative estimate of drug-likeness (QED) is 0.713. The largest absolute Gasteiger partial charge is 0.361 e. The number of anilines is 2. The normalized spacial score (nSPS) is 17.3. The van der Waals surface area contributed by atoms with Gasteiger partial charge in [0.05, 0.1) is 31.6 Å². The molecule has 8 nitrogen and oxygen atoms in total. The van der Waals surface area contributed by atoms with Crippen molar-refractivity contribution in [2.45, 2.75) is 12.6 Å². The molecule has 2 saturated heterocycles. The Morgan fingerprint density at radius 3 is 2.90 bits per heavy atom. The number of likely N-dealkylation sites (tertiary alicyclic amines) is 1. The first-order valence-corrected chi connectivity index (χ1v) is 9.75. The highest BCUT2D eigenvalue weighted by atomic mass is 19.1. The number of halogens is 2. The lowest BCUT2D eigenvalue weighted by molar-refractivity contribution is 0.0974. The van der Waals surface area contributed by atoms with E-state index < -0.39 is 18.0 Å². The summed E-state index contributed by atoms with van der Waals surface area (Å²) >= 11 is 0. The molecule has 0 spiro atoms. The van der Waals surface area contributed by atoms with E-state index in [0.29, 0.717) is 18.1 Å². The molecule has 0 aliphatic carbocycles. The zero-order chi connectivity index (χ0) is 20.7. The molecule has 0 unspecified atom stereocenters. The summed E-state index contributed by atoms with van der Waals surface area (Å²) in [5.74, 6) is -0.488. The monoisotopic (exact) mass is 414 g/mol. The van der Waals surface area contributed by atoms with Crippen LogP contribution in [-0.4, -0.2) is 64.8 Å². The highest BCUT2D eigenvalue weighted by molar-refractivity contribution is 5.90. The second-order valence-electron chi connectivity index (χ2n) is 7.43. The Morgan fingerprint density at radius 1 is 1.27 bits per heavy atom. The fourth-order valence-electron chi connectivity index (χ4n) is 3.56. The third-order valence-corrected chi connectivity index (χ3v) is 5.24. The number of carbonyl (C=O) groups excluding carboxylic acids is 1. The number of nitrogens with one attached hydrogen (secondary N) is 1. The van der Waals surface area contributed by atoms with Crippen molar-refractivity contribution in [3.8, 4) is 5.69 Å². The summed E-state index contributed by atoms with van der Waals surface area (Å²) in [5, 5.41) is 7.80. The van der Waals surface area contributed by atoms with E-state index in [2.05, 4.69) is 20.3 Å². The standard InChI is InChI=1S/C20H20F2N6O2/c21-14-10-27(11-14)20(29)24-15-2-3-17(22)18(7-15)28-9-13-6-16(8-23-19(13)25-28)26-4-1-5-30-12-26/h2-3,6-9,14H,1,4-5,10-12H2,(H,24,29). The molecule has 1 aromatic carbocycles. The number of pyridine rings is 1. The predicted molar refractivity (Wildman–Crippen MR) is 107 cm³/mol. The first-order chi connectivity index (χ1) is 14.6. The smallest absolute Gasteiger partial charge is 0.322 e. The SMILES string of the molecule is O=C(Nc1ccc(F)c(-n2cc3cc(N4CCCOC4)cnc3n2)c1)N1CC(F)C1. The number of benzene rings is 1. The fraction of sp³-hybridized carbons (Fsp3) is 0.350. The van der Waals surface area contributed by atoms with Crippen LogP contribution in [0.1, 0.15) is 6.42 Å². The van der Waals surface area contributed by atoms with Crippen molar-refractivity contribution < 1.29 is 18.3 Å². The van der Waals surface area contributed by atoms with Crippen LogP contribution in [-0.2, 0) is 4.74 Å². The Kier molecular flexibility index (Phi) is 4.70. The van der Waals surface area contributed by atoms with E-state index >= 15 is 0 Å². The van der Waals surface area contributed by atoms with Gasteiger partial charge < -0.3 is 19.9 Å². The van der Waals surface area contributed by atoms with E-state index in [1.165, 1.54) is 27.8 Å². The first kappa shape index (κ1) is 18.7. The molecule has 2 aromatic heterocycles. The minimum atomic E-state index is -0.982. The molecule has 0 atom stereocenters. The molecule has 2 aliphatic rings. The second-order valence-corrected chi connectivity index (χ2v) is 7.43. The van der Waals surface area contributed by atoms with Crippen LogP contribution in [0.4, 0.5) is 25.0 Å². The molecule has 156 valence electrons. The van der Waals surface area contributed by atoms with Crippen molar-refractivity contribution in [3.63, 3.8) is 0 Å². The topological polar surface area (TPSA) is 75.5 Å². The van der Waals surface area contributed by atoms with Crippen molar-refractivity contribution in [1.82, 2.24) is 19.7 Å². The lowest BCUT2D eigenvalue weighted by Crippen LogP contribution is -2.53. The van der Waals surface area contributed by atoms with E-state index in [4.69, 9.17) is 4.74 Å². The molecule has 4 heterocycles. The van der Waals surface area contributed by atoms with Gasteiger partial charge >= 0.3 is 6.03 Å². The van der Waals surface area contributed by atoms with Gasteiger partial charge in [-0.05, 0) is 30.7 Å². The molecular weight excluding hydrogens is 394 g/mol. The van der Waals surface area contributed by atoms with Crippen LogP contribution >= 0.6 is 0 Å². The number of nitrogens with zero attached hydrogens (tertiary/aromatic N) is 5. The molecule has 0 bridgehead atoms. The summed E-state index contributed by atoms with van der Waals surface area (Å²) in [7, 11) is 0. The van der Waals surface area contributed by atoms with Crippen LogP contribution < -0.4 is 10.2 Å². The Bertz CT molecular complexity index is 1090. The van der Waals surface area contributed by atoms with Crippen LogP contribution in [0.15, 0.2) is 36.7 Å². The van der Waals surface area contributed by atoms with Crippen LogP contribution in [0.25, 0.3) is 16.7 Å². The summed E-state index contributed by atoms with van der Waals surface area (Å²) in [6, 6.07) is 5.74. The number of rotatable bonds is 3. The molecule has 3 aromatic rings. The number of urea groups is 1. The van der Waals surface area contributed by atoms with Crippen molar-refractivity contribution in [2.75, 3.05) is 43.2 Å². The number of aromatic nitrogens is 3. The van der Waals surface area contributed by atoms with Crippen LogP contribution in [0.3, 0.4) is 0 Å². The minimum Gasteiger partial charge on any atom is -0.361 e. The summed E-state index contributed by atoms with van der Waals surface area (Å²) in [5.41, 5.74) is 1.99. The number of carbonyl (C=O) groups is 1. The lowest BCUT2D eigenvalue weighted by atomic mass is 10.2. The number of amides is 2. The number of fused-ring (bicyclic) bond motifs is 1. The summed E-state index contributed by atoms with van der Waals surface area (Å²) < 4.78 is 34.3. The molecule has 30 heavy (non-hydrogen) atoms. The van der Waals surface area contributed by atoms with Gasteiger partial charge in [0.25, 0.3) is 0 Å². The maximum atomic E-state index is 14.5. The number of ether oxygens (including phenoxy) is 1. The summed E-state index contributed by atoms with van der Waals surface area (Å²) in [6.07, 6.45) is 3.39. The summed E-state index contributed by atoms with van der Waals surface area (Å²) in [4.78, 5) is 19.9. The van der Waals surface area contributed by atoms with E-state index in [9.17, 15) is 13.6 Å². The van der Waals surface area contributed by atoms with Crippen LogP contribution in [0, 0.1) is 5.82 Å². The second kappa shape index (κ2) is 7.52. The van der Waals surface area contributed by atoms with Gasteiger partial charge in [0.2, 0.25) is 0 Å². The predicted octanol–water partition coefficient (Wildman–Crippen LogP) is 2.93. The van der Waals surface area contributed by atoms with Crippen molar-refractivity contribution in [1.29, 1.82) is 0 Å². The average molecular weight is 414 g/mol. The number of hydrogen-bond donors (Lipinski definition) is 1. The van der Waals surface area contributed by atoms with E-state index in [0.717, 1.165) is 30.6 Å². The highest BCUT2D eigenvalue weighted by Crippen LogP contribution is 2.25. The third kappa shape index (κ3) is 3.54. The molecule has 2 aliphatic heterocycles. The molecular formula is C20H20F2N6O2. The first-order valence-electron chi connectivity index (χ1n) is 9.75. The molecule has 2 amide bonds. The zero-order valence-electron chi connectivity index (χ0n) is 16.1. The Labute approximate surface area is 171 Å². The highest BCUT2D eigenvalue weighted by Gasteiger charge is 2.30. The third-order valence-electron chi connectivity index (χ3n) is 5.24. The van der Waals surface area contributed by atoms with Gasteiger partial charge in [-0.3, -0.25) is 0 Å². The van der Waals surface area contributed by atoms with Crippen LogP contribution in [0.2, 0.25) is 0 Å². The van der Waals surface area contributed by atoms with Gasteiger partial charge in [-0.25, -0.2) is 23.2 Å². The van der Waals surface area contributed by atoms with Crippen molar-refractivity contribution in [2.24, 2.45) is 0 Å². The number of hydrogen-bond acceptors (Lipinski definition) is 5. The minimum absolute atomic E-state index is 0.0699. The zero-order valence-corrected chi connectivity index (χ0v) is 16.1. The van der Waals surface area contributed by atoms with Gasteiger partial charge in [-0.2, -0.15) is 0 Å². The summed E-state index contributed by atoms with van der Waals surface area (Å²) in [6.45, 7) is 2.29. The van der Waals surface area contributed by atoms with E-state index in [-0.39, 0.29) is 18.8 Å². The molecule has 2 fully saturated rings. The Hall–Kier alpha value is -3.27. The maximum Gasteiger partial charge on any atom is 0.322 e. The van der Waals surface area contributed by atoms with Gasteiger partial charge in [0.15, 0.2) is 5.65 Å². The Morgan fingerprint density at radius 2 is 2.13 bits per heavy atom. The molecule has 1 N–H and O–H groups in total. The molecule has 10 heteroatoms. The van der Waals surface area contributed by atoms with E-state index in [1.54, 1.807) is 12.4 Å². The molecule has 0 saturated carbocycles. The van der Waals surface area contributed by atoms with Crippen molar-refractivity contribution >= 4 is 28.4 Å². The van der Waals surface area contributed by atoms with Crippen LogP contribution in [0.5, 0.6) is 0 Å². The molecule has 0 radical (unpaired) electrons. The van der Waals surface area contributed by atoms with Gasteiger partial charge in [0, 0.05) is 23.8 Å². The van der Waals surface area contributed by atoms with Crippen molar-refractivity contribution in [3.05, 3.63) is 42.5 Å². The van der Waals surface area contributed by atoms with Gasteiger partial charge in [-0.15, -0.1) is 5.10 Å². The average Bonchev–Trinajstić information content (AvgIpc) is 3.16. The number of alkyl halides is 1. The van der Waals surface area contributed by atoms with Gasteiger partial charge in [0.1, 0.15) is 24.4 Å². The lowest BCUT2D eigenvalue weighted by Gasteiger charge is -2.34. The Balaban J connectivity index is 1.40. The van der Waals surface area contributed by atoms with Gasteiger partial charge in [-0.1, -0.05) is 0 Å². The van der Waals surface area contributed by atoms with E-state index in [1.807, 2.05) is 6.07 Å².